The molecule has 0 spiro atoms. The summed E-state index contributed by atoms with van der Waals surface area (Å²) >= 11 is 1.53. The smallest absolute Gasteiger partial charge is 0.261 e. The summed E-state index contributed by atoms with van der Waals surface area (Å²) < 4.78 is 0. The van der Waals surface area contributed by atoms with Gasteiger partial charge in [0.1, 0.15) is 0 Å². The molecule has 1 amide bonds. The second kappa shape index (κ2) is 6.71. The van der Waals surface area contributed by atoms with Crippen molar-refractivity contribution in [3.63, 3.8) is 0 Å². The highest BCUT2D eigenvalue weighted by Gasteiger charge is 2.12. The Hall–Kier alpha value is -1.61. The first-order chi connectivity index (χ1) is 9.60. The van der Waals surface area contributed by atoms with E-state index in [4.69, 9.17) is 0 Å². The monoisotopic (exact) mass is 287 g/mol. The van der Waals surface area contributed by atoms with Gasteiger partial charge in [-0.1, -0.05) is 37.6 Å². The first-order valence-electron chi connectivity index (χ1n) is 7.06. The van der Waals surface area contributed by atoms with Crippen molar-refractivity contribution >= 4 is 17.2 Å². The fourth-order valence-corrected chi connectivity index (χ4v) is 2.94. The second-order valence-electron chi connectivity index (χ2n) is 5.10. The molecule has 0 saturated carbocycles. The van der Waals surface area contributed by atoms with E-state index in [9.17, 15) is 4.79 Å². The van der Waals surface area contributed by atoms with Gasteiger partial charge in [0.2, 0.25) is 0 Å². The zero-order valence-electron chi connectivity index (χ0n) is 12.3. The van der Waals surface area contributed by atoms with Crippen LogP contribution in [0, 0.1) is 6.92 Å². The molecule has 1 atom stereocenters. The largest absolute Gasteiger partial charge is 0.345 e. The third-order valence-electron chi connectivity index (χ3n) is 3.33. The van der Waals surface area contributed by atoms with Gasteiger partial charge in [0.05, 0.1) is 10.9 Å². The van der Waals surface area contributed by atoms with E-state index in [0.29, 0.717) is 0 Å². The molecule has 0 unspecified atom stereocenters. The van der Waals surface area contributed by atoms with Crippen molar-refractivity contribution in [3.8, 4) is 0 Å². The molecule has 0 aliphatic carbocycles. The zero-order chi connectivity index (χ0) is 14.5. The number of carbonyl (C=O) groups excluding carboxylic acids is 1. The Morgan fingerprint density at radius 1 is 1.20 bits per heavy atom. The maximum atomic E-state index is 12.1. The van der Waals surface area contributed by atoms with E-state index >= 15 is 0 Å². The van der Waals surface area contributed by atoms with Crippen molar-refractivity contribution in [2.24, 2.45) is 0 Å². The Morgan fingerprint density at radius 2 is 1.90 bits per heavy atom. The first-order valence-corrected chi connectivity index (χ1v) is 7.88. The maximum absolute atomic E-state index is 12.1. The topological polar surface area (TPSA) is 29.1 Å². The summed E-state index contributed by atoms with van der Waals surface area (Å²) in [5, 5.41) is 3.05. The number of benzene rings is 1. The third kappa shape index (κ3) is 3.70. The summed E-state index contributed by atoms with van der Waals surface area (Å²) in [7, 11) is 0. The lowest BCUT2D eigenvalue weighted by atomic mass is 10.0. The lowest BCUT2D eigenvalue weighted by molar-refractivity contribution is 0.0944. The first kappa shape index (κ1) is 14.8. The van der Waals surface area contributed by atoms with Crippen LogP contribution >= 0.6 is 11.3 Å². The van der Waals surface area contributed by atoms with Gasteiger partial charge in [-0.25, -0.2) is 0 Å². The number of aryl methyl sites for hydroxylation is 2. The third-order valence-corrected chi connectivity index (χ3v) is 4.33. The lowest BCUT2D eigenvalue weighted by Gasteiger charge is -2.14. The Morgan fingerprint density at radius 3 is 2.45 bits per heavy atom. The molecule has 1 aromatic carbocycles. The summed E-state index contributed by atoms with van der Waals surface area (Å²) in [4.78, 5) is 14.0. The molecular weight excluding hydrogens is 266 g/mol. The fourth-order valence-electron chi connectivity index (χ4n) is 2.17. The van der Waals surface area contributed by atoms with E-state index in [-0.39, 0.29) is 11.9 Å². The number of hydrogen-bond donors (Lipinski definition) is 1. The summed E-state index contributed by atoms with van der Waals surface area (Å²) in [6.07, 6.45) is 2.26. The summed E-state index contributed by atoms with van der Waals surface area (Å²) in [5.74, 6) is 0.00762. The summed E-state index contributed by atoms with van der Waals surface area (Å²) in [6, 6.07) is 12.4. The molecule has 3 heteroatoms. The minimum absolute atomic E-state index is 0.00762. The number of nitrogens with one attached hydrogen (secondary N) is 1. The number of amides is 1. The molecule has 2 nitrogen and oxygen atoms in total. The molecule has 0 aliphatic heterocycles. The van der Waals surface area contributed by atoms with E-state index in [1.807, 2.05) is 26.0 Å². The van der Waals surface area contributed by atoms with Crippen LogP contribution in [-0.2, 0) is 6.42 Å². The van der Waals surface area contributed by atoms with Crippen LogP contribution in [0.15, 0.2) is 36.4 Å². The Labute approximate surface area is 124 Å². The Balaban J connectivity index is 2.00. The van der Waals surface area contributed by atoms with Gasteiger partial charge < -0.3 is 5.32 Å². The van der Waals surface area contributed by atoms with Crippen LogP contribution in [-0.4, -0.2) is 5.91 Å². The molecule has 20 heavy (non-hydrogen) atoms. The van der Waals surface area contributed by atoms with Crippen LogP contribution in [0.2, 0.25) is 0 Å². The van der Waals surface area contributed by atoms with Crippen molar-refractivity contribution < 1.29 is 4.79 Å². The maximum Gasteiger partial charge on any atom is 0.261 e. The summed E-state index contributed by atoms with van der Waals surface area (Å²) in [5.41, 5.74) is 2.50. The Kier molecular flexibility index (Phi) is 4.96. The second-order valence-corrected chi connectivity index (χ2v) is 6.38. The fraction of sp³-hybridized carbons (Fsp3) is 0.353. The molecule has 1 aromatic heterocycles. The molecule has 1 heterocycles. The van der Waals surface area contributed by atoms with E-state index in [1.165, 1.54) is 16.9 Å². The molecule has 2 aromatic rings. The highest BCUT2D eigenvalue weighted by atomic mass is 32.1. The van der Waals surface area contributed by atoms with Crippen LogP contribution in [0.25, 0.3) is 0 Å². The molecule has 0 fully saturated rings. The van der Waals surface area contributed by atoms with Crippen molar-refractivity contribution in [2.45, 2.75) is 39.7 Å². The SMILES string of the molecule is CCCc1ccc([C@H](C)NC(=O)c2ccc(C)s2)cc1. The zero-order valence-corrected chi connectivity index (χ0v) is 13.1. The van der Waals surface area contributed by atoms with Crippen molar-refractivity contribution in [3.05, 3.63) is 57.3 Å². The number of carbonyl (C=O) groups is 1. The van der Waals surface area contributed by atoms with Crippen LogP contribution in [0.1, 0.15) is 52.0 Å². The quantitative estimate of drug-likeness (QED) is 0.862. The standard InChI is InChI=1S/C17H21NOS/c1-4-5-14-7-9-15(10-8-14)13(3)18-17(19)16-11-6-12(2)20-16/h6-11,13H,4-5H2,1-3H3,(H,18,19)/t13-/m0/s1. The van der Waals surface area contributed by atoms with Crippen LogP contribution in [0.4, 0.5) is 0 Å². The van der Waals surface area contributed by atoms with Gasteiger partial charge in [-0.2, -0.15) is 0 Å². The van der Waals surface area contributed by atoms with Crippen LogP contribution < -0.4 is 5.32 Å². The predicted molar refractivity (Wildman–Crippen MR) is 85.4 cm³/mol. The van der Waals surface area contributed by atoms with E-state index in [1.54, 1.807) is 0 Å². The molecular formula is C17H21NOS. The molecule has 106 valence electrons. The van der Waals surface area contributed by atoms with E-state index < -0.39 is 0 Å². The minimum atomic E-state index is 0.00762. The normalized spacial score (nSPS) is 12.2. The number of rotatable bonds is 5. The van der Waals surface area contributed by atoms with Gasteiger partial charge in [-0.15, -0.1) is 11.3 Å². The van der Waals surface area contributed by atoms with Gasteiger partial charge in [0, 0.05) is 4.88 Å². The average molecular weight is 287 g/mol. The van der Waals surface area contributed by atoms with Crippen LogP contribution in [0.3, 0.4) is 0 Å². The predicted octanol–water partition coefficient (Wildman–Crippen LogP) is 4.50. The number of thiophene rings is 1. The van der Waals surface area contributed by atoms with Gasteiger partial charge in [-0.3, -0.25) is 4.79 Å². The van der Waals surface area contributed by atoms with Gasteiger partial charge in [0.15, 0.2) is 0 Å². The van der Waals surface area contributed by atoms with Crippen molar-refractivity contribution in [2.75, 3.05) is 0 Å². The van der Waals surface area contributed by atoms with Gasteiger partial charge >= 0.3 is 0 Å². The van der Waals surface area contributed by atoms with E-state index in [2.05, 4.69) is 36.5 Å². The molecule has 2 rings (SSSR count). The van der Waals surface area contributed by atoms with Crippen LogP contribution in [0.5, 0.6) is 0 Å². The lowest BCUT2D eigenvalue weighted by Crippen LogP contribution is -2.25. The highest BCUT2D eigenvalue weighted by Crippen LogP contribution is 2.18. The van der Waals surface area contributed by atoms with E-state index in [0.717, 1.165) is 28.2 Å². The Bertz CT molecular complexity index is 571. The van der Waals surface area contributed by atoms with Crippen molar-refractivity contribution in [1.82, 2.24) is 5.32 Å². The number of hydrogen-bond acceptors (Lipinski definition) is 2. The average Bonchev–Trinajstić information content (AvgIpc) is 2.86. The summed E-state index contributed by atoms with van der Waals surface area (Å²) in [6.45, 7) is 6.21. The highest BCUT2D eigenvalue weighted by molar-refractivity contribution is 7.13. The molecule has 1 N–H and O–H groups in total. The molecule has 0 aliphatic rings. The molecule has 0 radical (unpaired) electrons. The minimum Gasteiger partial charge on any atom is -0.345 e. The van der Waals surface area contributed by atoms with Gasteiger partial charge in [0.25, 0.3) is 5.91 Å². The van der Waals surface area contributed by atoms with Crippen molar-refractivity contribution in [1.29, 1.82) is 0 Å². The molecule has 0 bridgehead atoms. The molecule has 0 saturated heterocycles. The van der Waals surface area contributed by atoms with Gasteiger partial charge in [-0.05, 0) is 43.5 Å².